The van der Waals surface area contributed by atoms with E-state index in [9.17, 15) is 8.78 Å². The van der Waals surface area contributed by atoms with Crippen molar-refractivity contribution in [1.82, 2.24) is 4.98 Å². The zero-order chi connectivity index (χ0) is 19.8. The number of unbranched alkanes of at least 4 members (excludes halogenated alkanes) is 2. The van der Waals surface area contributed by atoms with Crippen LogP contribution in [0, 0.1) is 23.7 Å². The third kappa shape index (κ3) is 5.40. The molecule has 2 aromatic carbocycles. The van der Waals surface area contributed by atoms with Crippen LogP contribution in [0.15, 0.2) is 60.7 Å². The fourth-order valence-electron chi connectivity index (χ4n) is 2.68. The molecule has 0 unspecified atom stereocenters. The summed E-state index contributed by atoms with van der Waals surface area (Å²) in [7, 11) is 0. The van der Waals surface area contributed by atoms with Crippen LogP contribution in [-0.4, -0.2) is 11.6 Å². The lowest BCUT2D eigenvalue weighted by Crippen LogP contribution is -1.96. The number of hydrogen-bond acceptors (Lipinski definition) is 2. The largest absolute Gasteiger partial charge is 0.494 e. The molecule has 0 atom stereocenters. The third-order valence-corrected chi connectivity index (χ3v) is 4.25. The van der Waals surface area contributed by atoms with Crippen molar-refractivity contribution in [1.29, 1.82) is 0 Å². The van der Waals surface area contributed by atoms with Gasteiger partial charge in [-0.1, -0.05) is 55.9 Å². The number of ether oxygens (including phenoxy) is 1. The molecule has 0 N–H and O–H groups in total. The molecule has 0 aliphatic rings. The second-order valence-electron chi connectivity index (χ2n) is 6.38. The SMILES string of the molecule is CCCCCOc1ccc(-c2ccc(C#Cc3ccc(F)nc3F)cc2)cc1. The molecule has 3 aromatic rings. The Hall–Kier alpha value is -3.19. The van der Waals surface area contributed by atoms with Crippen LogP contribution >= 0.6 is 0 Å². The molecule has 142 valence electrons. The highest BCUT2D eigenvalue weighted by atomic mass is 19.1. The second-order valence-corrected chi connectivity index (χ2v) is 6.38. The molecular formula is C24H21F2NO. The Morgan fingerprint density at radius 2 is 1.50 bits per heavy atom. The van der Waals surface area contributed by atoms with Gasteiger partial charge in [0.05, 0.1) is 12.2 Å². The van der Waals surface area contributed by atoms with Gasteiger partial charge >= 0.3 is 0 Å². The van der Waals surface area contributed by atoms with E-state index in [-0.39, 0.29) is 5.56 Å². The topological polar surface area (TPSA) is 22.1 Å². The fourth-order valence-corrected chi connectivity index (χ4v) is 2.68. The average Bonchev–Trinajstić information content (AvgIpc) is 2.72. The van der Waals surface area contributed by atoms with Crippen molar-refractivity contribution >= 4 is 0 Å². The van der Waals surface area contributed by atoms with Gasteiger partial charge in [0.2, 0.25) is 11.9 Å². The minimum atomic E-state index is -0.902. The Morgan fingerprint density at radius 3 is 2.14 bits per heavy atom. The molecule has 3 rings (SSSR count). The number of halogens is 2. The number of hydrogen-bond donors (Lipinski definition) is 0. The molecule has 28 heavy (non-hydrogen) atoms. The van der Waals surface area contributed by atoms with E-state index in [1.165, 1.54) is 18.9 Å². The lowest BCUT2D eigenvalue weighted by atomic mass is 10.0. The second kappa shape index (κ2) is 9.66. The summed E-state index contributed by atoms with van der Waals surface area (Å²) in [5.74, 6) is 4.67. The first-order chi connectivity index (χ1) is 13.7. The van der Waals surface area contributed by atoms with Crippen molar-refractivity contribution in [2.75, 3.05) is 6.61 Å². The van der Waals surface area contributed by atoms with Gasteiger partial charge in [0.1, 0.15) is 5.75 Å². The van der Waals surface area contributed by atoms with Crippen molar-refractivity contribution in [2.45, 2.75) is 26.2 Å². The number of pyridine rings is 1. The van der Waals surface area contributed by atoms with Gasteiger partial charge in [-0.25, -0.2) is 0 Å². The molecule has 0 saturated carbocycles. The molecule has 0 fully saturated rings. The number of aromatic nitrogens is 1. The van der Waals surface area contributed by atoms with E-state index < -0.39 is 11.9 Å². The Bertz CT molecular complexity index is 970. The number of rotatable bonds is 6. The van der Waals surface area contributed by atoms with Crippen LogP contribution in [0.5, 0.6) is 5.75 Å². The smallest absolute Gasteiger partial charge is 0.231 e. The van der Waals surface area contributed by atoms with Gasteiger partial charge < -0.3 is 4.74 Å². The van der Waals surface area contributed by atoms with Crippen molar-refractivity contribution in [3.05, 3.63) is 83.7 Å². The van der Waals surface area contributed by atoms with E-state index in [0.717, 1.165) is 41.5 Å². The van der Waals surface area contributed by atoms with Crippen LogP contribution in [0.4, 0.5) is 8.78 Å². The summed E-state index contributed by atoms with van der Waals surface area (Å²) in [5.41, 5.74) is 2.94. The first-order valence-electron chi connectivity index (χ1n) is 9.33. The molecular weight excluding hydrogens is 356 g/mol. The molecule has 1 aromatic heterocycles. The zero-order valence-corrected chi connectivity index (χ0v) is 15.7. The predicted molar refractivity (Wildman–Crippen MR) is 107 cm³/mol. The third-order valence-electron chi connectivity index (χ3n) is 4.25. The van der Waals surface area contributed by atoms with E-state index in [1.807, 2.05) is 48.5 Å². The van der Waals surface area contributed by atoms with Crippen LogP contribution in [0.3, 0.4) is 0 Å². The summed E-state index contributed by atoms with van der Waals surface area (Å²) >= 11 is 0. The summed E-state index contributed by atoms with van der Waals surface area (Å²) in [6.45, 7) is 2.91. The van der Waals surface area contributed by atoms with Crippen molar-refractivity contribution in [3.63, 3.8) is 0 Å². The van der Waals surface area contributed by atoms with Gasteiger partial charge in [0.15, 0.2) is 0 Å². The van der Waals surface area contributed by atoms with E-state index in [1.54, 1.807) is 0 Å². The van der Waals surface area contributed by atoms with E-state index in [4.69, 9.17) is 4.74 Å². The molecule has 0 spiro atoms. The highest BCUT2D eigenvalue weighted by molar-refractivity contribution is 5.65. The number of nitrogens with zero attached hydrogens (tertiary/aromatic N) is 1. The minimum absolute atomic E-state index is 0.0694. The standard InChI is InChI=1S/C24H21F2NO/c1-2-3-4-17-28-22-14-11-20(12-15-22)19-8-5-18(6-9-19)7-10-21-13-16-23(25)27-24(21)26/h5-6,8-9,11-16H,2-4,17H2,1H3. The van der Waals surface area contributed by atoms with Gasteiger partial charge in [-0.3, -0.25) is 0 Å². The van der Waals surface area contributed by atoms with Gasteiger partial charge in [-0.2, -0.15) is 13.8 Å². The Labute approximate surface area is 164 Å². The highest BCUT2D eigenvalue weighted by Crippen LogP contribution is 2.23. The lowest BCUT2D eigenvalue weighted by molar-refractivity contribution is 0.306. The quantitative estimate of drug-likeness (QED) is 0.299. The van der Waals surface area contributed by atoms with E-state index in [0.29, 0.717) is 0 Å². The van der Waals surface area contributed by atoms with Gasteiger partial charge in [-0.15, -0.1) is 0 Å². The molecule has 0 saturated heterocycles. The summed E-state index contributed by atoms with van der Waals surface area (Å²) in [5, 5.41) is 0. The molecule has 1 heterocycles. The molecule has 0 bridgehead atoms. The number of benzene rings is 2. The predicted octanol–water partition coefficient (Wildman–Crippen LogP) is 6.00. The van der Waals surface area contributed by atoms with Crippen LogP contribution in [0.1, 0.15) is 37.3 Å². The van der Waals surface area contributed by atoms with E-state index in [2.05, 4.69) is 23.7 Å². The zero-order valence-electron chi connectivity index (χ0n) is 15.7. The first kappa shape index (κ1) is 19.6. The molecule has 0 amide bonds. The molecule has 0 aliphatic heterocycles. The molecule has 0 radical (unpaired) electrons. The van der Waals surface area contributed by atoms with Gasteiger partial charge in [0, 0.05) is 5.56 Å². The van der Waals surface area contributed by atoms with E-state index >= 15 is 0 Å². The Kier molecular flexibility index (Phi) is 6.75. The monoisotopic (exact) mass is 377 g/mol. The van der Waals surface area contributed by atoms with Gasteiger partial charge in [0.25, 0.3) is 0 Å². The summed E-state index contributed by atoms with van der Waals surface area (Å²) in [4.78, 5) is 3.13. The fraction of sp³-hybridized carbons (Fsp3) is 0.208. The Balaban J connectivity index is 1.65. The van der Waals surface area contributed by atoms with Crippen LogP contribution in [0.25, 0.3) is 11.1 Å². The molecule has 2 nitrogen and oxygen atoms in total. The van der Waals surface area contributed by atoms with Crippen molar-refractivity contribution < 1.29 is 13.5 Å². The summed E-state index contributed by atoms with van der Waals surface area (Å²) < 4.78 is 32.1. The summed E-state index contributed by atoms with van der Waals surface area (Å²) in [6, 6.07) is 18.0. The van der Waals surface area contributed by atoms with Crippen LogP contribution in [-0.2, 0) is 0 Å². The van der Waals surface area contributed by atoms with Gasteiger partial charge in [-0.05, 0) is 53.9 Å². The minimum Gasteiger partial charge on any atom is -0.494 e. The Morgan fingerprint density at radius 1 is 0.821 bits per heavy atom. The van der Waals surface area contributed by atoms with Crippen molar-refractivity contribution in [2.24, 2.45) is 0 Å². The summed E-state index contributed by atoms with van der Waals surface area (Å²) in [6.07, 6.45) is 3.43. The first-order valence-corrected chi connectivity index (χ1v) is 9.33. The normalized spacial score (nSPS) is 10.2. The van der Waals surface area contributed by atoms with Crippen molar-refractivity contribution in [3.8, 4) is 28.7 Å². The lowest BCUT2D eigenvalue weighted by Gasteiger charge is -2.07. The maximum absolute atomic E-state index is 13.5. The maximum Gasteiger partial charge on any atom is 0.231 e. The average molecular weight is 377 g/mol. The van der Waals surface area contributed by atoms with Crippen LogP contribution < -0.4 is 4.74 Å². The molecule has 4 heteroatoms. The molecule has 0 aliphatic carbocycles. The maximum atomic E-state index is 13.5. The van der Waals surface area contributed by atoms with Crippen LogP contribution in [0.2, 0.25) is 0 Å². The highest BCUT2D eigenvalue weighted by Gasteiger charge is 2.02.